The molecule has 0 saturated carbocycles. The van der Waals surface area contributed by atoms with Crippen molar-refractivity contribution in [2.45, 2.75) is 18.4 Å². The van der Waals surface area contributed by atoms with Crippen molar-refractivity contribution < 1.29 is 14.3 Å². The van der Waals surface area contributed by atoms with Gasteiger partial charge in [-0.25, -0.2) is 0 Å². The number of hydrogen-bond donors (Lipinski definition) is 2. The molecule has 8 heteroatoms. The van der Waals surface area contributed by atoms with E-state index in [4.69, 9.17) is 9.47 Å². The van der Waals surface area contributed by atoms with Gasteiger partial charge in [0.25, 0.3) is 5.91 Å². The molecule has 136 valence electrons. The molecule has 1 aromatic heterocycles. The lowest BCUT2D eigenvalue weighted by atomic mass is 9.87. The SMILES string of the molecule is COc1ccc(NC(=O)C2(n3cccn3)CCNCC2)cc1OC.Cl. The third kappa shape index (κ3) is 3.72. The standard InChI is InChI=1S/C17H22N4O3.ClH/c1-23-14-5-4-13(12-15(14)24-2)20-16(22)17(6-9-18-10-7-17)21-11-3-8-19-21;/h3-5,8,11-12,18H,6-7,9-10H2,1-2H3,(H,20,22);1H. The van der Waals surface area contributed by atoms with Crippen LogP contribution in [0, 0.1) is 0 Å². The molecule has 2 heterocycles. The first-order chi connectivity index (χ1) is 11.7. The summed E-state index contributed by atoms with van der Waals surface area (Å²) in [7, 11) is 3.15. The van der Waals surface area contributed by atoms with Crippen molar-refractivity contribution in [2.24, 2.45) is 0 Å². The largest absolute Gasteiger partial charge is 0.493 e. The minimum atomic E-state index is -0.679. The molecule has 2 N–H and O–H groups in total. The molecule has 0 bridgehead atoms. The third-order valence-corrected chi connectivity index (χ3v) is 4.44. The van der Waals surface area contributed by atoms with Crippen molar-refractivity contribution >= 4 is 24.0 Å². The van der Waals surface area contributed by atoms with Crippen LogP contribution in [0.2, 0.25) is 0 Å². The second-order valence-electron chi connectivity index (χ2n) is 5.76. The van der Waals surface area contributed by atoms with Gasteiger partial charge in [-0.05, 0) is 44.1 Å². The van der Waals surface area contributed by atoms with Gasteiger partial charge in [0.1, 0.15) is 5.54 Å². The van der Waals surface area contributed by atoms with Crippen molar-refractivity contribution in [1.82, 2.24) is 15.1 Å². The summed E-state index contributed by atoms with van der Waals surface area (Å²) >= 11 is 0. The Kier molecular flexibility index (Phi) is 6.27. The first-order valence-electron chi connectivity index (χ1n) is 7.94. The summed E-state index contributed by atoms with van der Waals surface area (Å²) in [5.41, 5.74) is -0.00948. The maximum atomic E-state index is 13.1. The number of methoxy groups -OCH3 is 2. The second kappa shape index (κ2) is 8.22. The monoisotopic (exact) mass is 366 g/mol. The van der Waals surface area contributed by atoms with Crippen molar-refractivity contribution in [2.75, 3.05) is 32.6 Å². The van der Waals surface area contributed by atoms with Gasteiger partial charge in [0.15, 0.2) is 11.5 Å². The van der Waals surface area contributed by atoms with Gasteiger partial charge in [-0.15, -0.1) is 12.4 Å². The molecule has 1 amide bonds. The predicted octanol–water partition coefficient (Wildman–Crippen LogP) is 2.04. The average Bonchev–Trinajstić information content (AvgIpc) is 3.17. The molecule has 0 aliphatic carbocycles. The van der Waals surface area contributed by atoms with Gasteiger partial charge in [-0.1, -0.05) is 0 Å². The number of halogens is 1. The van der Waals surface area contributed by atoms with Crippen molar-refractivity contribution in [3.63, 3.8) is 0 Å². The number of piperidine rings is 1. The molecule has 1 saturated heterocycles. The summed E-state index contributed by atoms with van der Waals surface area (Å²) in [6.07, 6.45) is 4.93. The van der Waals surface area contributed by atoms with E-state index in [1.54, 1.807) is 43.3 Å². The van der Waals surface area contributed by atoms with Crippen LogP contribution < -0.4 is 20.1 Å². The topological polar surface area (TPSA) is 77.4 Å². The number of ether oxygens (including phenoxy) is 2. The molecule has 0 radical (unpaired) electrons. The molecule has 25 heavy (non-hydrogen) atoms. The molecule has 1 aliphatic heterocycles. The molecular formula is C17H23ClN4O3. The molecular weight excluding hydrogens is 344 g/mol. The molecule has 1 fully saturated rings. The van der Waals surface area contributed by atoms with Gasteiger partial charge in [-0.2, -0.15) is 5.10 Å². The number of nitrogens with one attached hydrogen (secondary N) is 2. The van der Waals surface area contributed by atoms with Crippen LogP contribution >= 0.6 is 12.4 Å². The van der Waals surface area contributed by atoms with Gasteiger partial charge >= 0.3 is 0 Å². The lowest BCUT2D eigenvalue weighted by Crippen LogP contribution is -2.52. The lowest BCUT2D eigenvalue weighted by molar-refractivity contribution is -0.126. The quantitative estimate of drug-likeness (QED) is 0.846. The summed E-state index contributed by atoms with van der Waals surface area (Å²) in [5, 5.41) is 10.6. The minimum Gasteiger partial charge on any atom is -0.493 e. The van der Waals surface area contributed by atoms with Gasteiger partial charge in [0.2, 0.25) is 0 Å². The number of carbonyl (C=O) groups excluding carboxylic acids is 1. The van der Waals surface area contributed by atoms with E-state index >= 15 is 0 Å². The number of benzene rings is 1. The smallest absolute Gasteiger partial charge is 0.252 e. The summed E-state index contributed by atoms with van der Waals surface area (Å²) in [5.74, 6) is 1.13. The zero-order valence-corrected chi connectivity index (χ0v) is 15.1. The van der Waals surface area contributed by atoms with Crippen molar-refractivity contribution in [3.8, 4) is 11.5 Å². The van der Waals surface area contributed by atoms with Gasteiger partial charge in [0, 0.05) is 24.1 Å². The summed E-state index contributed by atoms with van der Waals surface area (Å²) in [4.78, 5) is 13.1. The van der Waals surface area contributed by atoms with Gasteiger partial charge < -0.3 is 20.1 Å². The molecule has 0 unspecified atom stereocenters. The van der Waals surface area contributed by atoms with Crippen molar-refractivity contribution in [1.29, 1.82) is 0 Å². The number of rotatable bonds is 5. The minimum absolute atomic E-state index is 0. The van der Waals surface area contributed by atoms with E-state index in [1.807, 2.05) is 12.3 Å². The molecule has 7 nitrogen and oxygen atoms in total. The highest BCUT2D eigenvalue weighted by Crippen LogP contribution is 2.32. The van der Waals surface area contributed by atoms with Crippen LogP contribution in [0.1, 0.15) is 12.8 Å². The first kappa shape index (κ1) is 19.1. The normalized spacial score (nSPS) is 15.8. The molecule has 0 spiro atoms. The Labute approximate surface area is 153 Å². The Morgan fingerprint density at radius 1 is 1.24 bits per heavy atom. The van der Waals surface area contributed by atoms with E-state index in [0.29, 0.717) is 30.0 Å². The molecule has 0 atom stereocenters. The van der Waals surface area contributed by atoms with Crippen LogP contribution in [0.15, 0.2) is 36.7 Å². The van der Waals surface area contributed by atoms with E-state index in [0.717, 1.165) is 13.1 Å². The lowest BCUT2D eigenvalue weighted by Gasteiger charge is -2.36. The number of anilines is 1. The van der Waals surface area contributed by atoms with Crippen LogP contribution in [0.3, 0.4) is 0 Å². The average molecular weight is 367 g/mol. The third-order valence-electron chi connectivity index (χ3n) is 4.44. The Hall–Kier alpha value is -2.25. The second-order valence-corrected chi connectivity index (χ2v) is 5.76. The molecule has 3 rings (SSSR count). The van der Waals surface area contributed by atoms with E-state index in [9.17, 15) is 4.79 Å². The summed E-state index contributed by atoms with van der Waals surface area (Å²) < 4.78 is 12.3. The van der Waals surface area contributed by atoms with Crippen LogP contribution in [-0.4, -0.2) is 43.0 Å². The zero-order valence-electron chi connectivity index (χ0n) is 14.3. The summed E-state index contributed by atoms with van der Waals surface area (Å²) in [6.45, 7) is 1.55. The number of amides is 1. The molecule has 2 aromatic rings. The maximum absolute atomic E-state index is 13.1. The van der Waals surface area contributed by atoms with E-state index in [-0.39, 0.29) is 18.3 Å². The highest BCUT2D eigenvalue weighted by molar-refractivity contribution is 5.97. The van der Waals surface area contributed by atoms with Crippen LogP contribution in [0.5, 0.6) is 11.5 Å². The Balaban J connectivity index is 0.00000225. The van der Waals surface area contributed by atoms with E-state index in [1.165, 1.54) is 0 Å². The number of hydrogen-bond acceptors (Lipinski definition) is 5. The Bertz CT molecular complexity index is 700. The zero-order chi connectivity index (χ0) is 17.0. The fraction of sp³-hybridized carbons (Fsp3) is 0.412. The fourth-order valence-electron chi connectivity index (χ4n) is 3.08. The molecule has 1 aliphatic rings. The molecule has 1 aromatic carbocycles. The number of aromatic nitrogens is 2. The van der Waals surface area contributed by atoms with Gasteiger partial charge in [-0.3, -0.25) is 9.48 Å². The van der Waals surface area contributed by atoms with E-state index in [2.05, 4.69) is 15.7 Å². The van der Waals surface area contributed by atoms with E-state index < -0.39 is 5.54 Å². The maximum Gasteiger partial charge on any atom is 0.252 e. The van der Waals surface area contributed by atoms with Crippen molar-refractivity contribution in [3.05, 3.63) is 36.7 Å². The summed E-state index contributed by atoms with van der Waals surface area (Å²) in [6, 6.07) is 7.18. The number of nitrogens with zero attached hydrogens (tertiary/aromatic N) is 2. The Morgan fingerprint density at radius 2 is 1.96 bits per heavy atom. The van der Waals surface area contributed by atoms with Crippen LogP contribution in [-0.2, 0) is 10.3 Å². The highest BCUT2D eigenvalue weighted by atomic mass is 35.5. The number of carbonyl (C=O) groups is 1. The van der Waals surface area contributed by atoms with Gasteiger partial charge in [0.05, 0.1) is 14.2 Å². The first-order valence-corrected chi connectivity index (χ1v) is 7.94. The van der Waals surface area contributed by atoms with Crippen LogP contribution in [0.4, 0.5) is 5.69 Å². The predicted molar refractivity (Wildman–Crippen MR) is 97.7 cm³/mol. The Morgan fingerprint density at radius 3 is 2.56 bits per heavy atom. The highest BCUT2D eigenvalue weighted by Gasteiger charge is 2.42. The van der Waals surface area contributed by atoms with Crippen LogP contribution in [0.25, 0.3) is 0 Å². The fourth-order valence-corrected chi connectivity index (χ4v) is 3.08.